The maximum absolute atomic E-state index is 12.7. The third-order valence-electron chi connectivity index (χ3n) is 3.88. The molecule has 19 heavy (non-hydrogen) atoms. The van der Waals surface area contributed by atoms with E-state index in [1.54, 1.807) is 0 Å². The molecule has 0 aromatic carbocycles. The fraction of sp³-hybridized carbons (Fsp3) is 0.667. The fourth-order valence-electron chi connectivity index (χ4n) is 3.15. The lowest BCUT2D eigenvalue weighted by Gasteiger charge is -2.30. The van der Waals surface area contributed by atoms with Crippen molar-refractivity contribution in [2.24, 2.45) is 5.92 Å². The van der Waals surface area contributed by atoms with Gasteiger partial charge in [0.2, 0.25) is 0 Å². The van der Waals surface area contributed by atoms with Crippen LogP contribution in [-0.2, 0) is 12.8 Å². The number of nitrogens with one attached hydrogen (secondary N) is 1. The second-order valence-electron chi connectivity index (χ2n) is 6.51. The summed E-state index contributed by atoms with van der Waals surface area (Å²) in [4.78, 5) is 16.1. The number of halogens is 1. The van der Waals surface area contributed by atoms with Crippen molar-refractivity contribution in [3.05, 3.63) is 22.5 Å². The Hall–Kier alpha value is -0.360. The maximum atomic E-state index is 12.7. The topological polar surface area (TPSA) is 32.9 Å². The van der Waals surface area contributed by atoms with Crippen molar-refractivity contribution in [3.8, 4) is 0 Å². The van der Waals surface area contributed by atoms with Crippen LogP contribution in [0.25, 0.3) is 0 Å². The van der Waals surface area contributed by atoms with Crippen molar-refractivity contribution >= 4 is 5.78 Å². The molecular weight excluding hydrogens is 351 g/mol. The van der Waals surface area contributed by atoms with Crippen LogP contribution in [0, 0.1) is 12.8 Å². The average Bonchev–Trinajstić information content (AvgIpc) is 2.57. The zero-order valence-corrected chi connectivity index (χ0v) is 14.8. The zero-order valence-electron chi connectivity index (χ0n) is 12.6. The molecule has 1 unspecified atom stereocenters. The minimum absolute atomic E-state index is 0. The molecule has 1 aromatic rings. The van der Waals surface area contributed by atoms with Gasteiger partial charge in [-0.15, -0.1) is 0 Å². The number of aromatic nitrogens is 1. The Kier molecular flexibility index (Phi) is 5.23. The SMILES string of the molecule is CCc1c(C)[nH]c2c1C(=O)C(C[N+](C)(C)C)CC2.[I-]. The molecule has 108 valence electrons. The maximum Gasteiger partial charge on any atom is 0.173 e. The predicted octanol–water partition coefficient (Wildman–Crippen LogP) is -0.659. The van der Waals surface area contributed by atoms with Gasteiger partial charge in [0.15, 0.2) is 5.78 Å². The Labute approximate surface area is 133 Å². The number of carbonyl (C=O) groups is 1. The molecule has 1 N–H and O–H groups in total. The van der Waals surface area contributed by atoms with Gasteiger partial charge in [-0.1, -0.05) is 6.92 Å². The van der Waals surface area contributed by atoms with Crippen LogP contribution in [0.1, 0.15) is 40.7 Å². The minimum atomic E-state index is 0. The first-order valence-electron chi connectivity index (χ1n) is 6.88. The van der Waals surface area contributed by atoms with E-state index in [1.807, 2.05) is 0 Å². The summed E-state index contributed by atoms with van der Waals surface area (Å²) in [5.74, 6) is 0.559. The summed E-state index contributed by atoms with van der Waals surface area (Å²) < 4.78 is 0.858. The molecule has 1 aromatic heterocycles. The lowest BCUT2D eigenvalue weighted by atomic mass is 9.83. The van der Waals surface area contributed by atoms with E-state index >= 15 is 0 Å². The van der Waals surface area contributed by atoms with E-state index in [0.717, 1.165) is 35.9 Å². The Morgan fingerprint density at radius 1 is 1.32 bits per heavy atom. The average molecular weight is 376 g/mol. The highest BCUT2D eigenvalue weighted by Gasteiger charge is 2.34. The lowest BCUT2D eigenvalue weighted by molar-refractivity contribution is -0.872. The Morgan fingerprint density at radius 3 is 2.47 bits per heavy atom. The smallest absolute Gasteiger partial charge is 0.173 e. The van der Waals surface area contributed by atoms with Crippen LogP contribution in [0.3, 0.4) is 0 Å². The Balaban J connectivity index is 0.00000180. The fourth-order valence-corrected chi connectivity index (χ4v) is 3.15. The van der Waals surface area contributed by atoms with Crippen LogP contribution in [0.2, 0.25) is 0 Å². The summed E-state index contributed by atoms with van der Waals surface area (Å²) in [5.41, 5.74) is 4.61. The highest BCUT2D eigenvalue weighted by Crippen LogP contribution is 2.31. The molecule has 3 nitrogen and oxygen atoms in total. The third kappa shape index (κ3) is 3.40. The van der Waals surface area contributed by atoms with Gasteiger partial charge >= 0.3 is 0 Å². The molecule has 0 saturated carbocycles. The first-order chi connectivity index (χ1) is 8.33. The third-order valence-corrected chi connectivity index (χ3v) is 3.88. The number of aromatic amines is 1. The number of carbonyl (C=O) groups excluding carboxylic acids is 1. The zero-order chi connectivity index (χ0) is 13.5. The number of fused-ring (bicyclic) bond motifs is 1. The van der Waals surface area contributed by atoms with Crippen LogP contribution in [-0.4, -0.2) is 42.9 Å². The van der Waals surface area contributed by atoms with Gasteiger partial charge in [0.25, 0.3) is 0 Å². The number of aryl methyl sites for hydroxylation is 2. The van der Waals surface area contributed by atoms with Crippen LogP contribution in [0.5, 0.6) is 0 Å². The van der Waals surface area contributed by atoms with Crippen LogP contribution in [0.4, 0.5) is 0 Å². The van der Waals surface area contributed by atoms with Crippen molar-refractivity contribution in [3.63, 3.8) is 0 Å². The number of hydrogen-bond donors (Lipinski definition) is 1. The minimum Gasteiger partial charge on any atom is -1.00 e. The van der Waals surface area contributed by atoms with E-state index in [9.17, 15) is 4.79 Å². The molecule has 2 rings (SSSR count). The highest BCUT2D eigenvalue weighted by atomic mass is 127. The van der Waals surface area contributed by atoms with Gasteiger partial charge in [-0.05, 0) is 31.7 Å². The quantitative estimate of drug-likeness (QED) is 0.552. The van der Waals surface area contributed by atoms with Gasteiger partial charge in [0.1, 0.15) is 0 Å². The van der Waals surface area contributed by atoms with E-state index in [1.165, 1.54) is 17.0 Å². The standard InChI is InChI=1S/C15H24N2O.HI/c1-6-12-10(2)16-13-8-7-11(9-17(3,4)5)15(18)14(12)13;/h11H,6-9H2,1-5H3;1H. The van der Waals surface area contributed by atoms with Gasteiger partial charge in [0.05, 0.1) is 33.6 Å². The molecule has 0 fully saturated rings. The number of hydrogen-bond acceptors (Lipinski definition) is 1. The predicted molar refractivity (Wildman–Crippen MR) is 73.9 cm³/mol. The summed E-state index contributed by atoms with van der Waals surface area (Å²) in [5, 5.41) is 0. The van der Waals surface area contributed by atoms with E-state index < -0.39 is 0 Å². The molecule has 0 aliphatic heterocycles. The molecule has 1 atom stereocenters. The van der Waals surface area contributed by atoms with Gasteiger partial charge in [-0.3, -0.25) is 4.79 Å². The van der Waals surface area contributed by atoms with Gasteiger partial charge < -0.3 is 33.4 Å². The molecule has 4 heteroatoms. The van der Waals surface area contributed by atoms with E-state index in [4.69, 9.17) is 0 Å². The van der Waals surface area contributed by atoms with E-state index in [0.29, 0.717) is 5.78 Å². The second kappa shape index (κ2) is 5.95. The first kappa shape index (κ1) is 16.7. The number of rotatable bonds is 3. The molecule has 1 aliphatic carbocycles. The Morgan fingerprint density at radius 2 is 1.95 bits per heavy atom. The van der Waals surface area contributed by atoms with E-state index in [-0.39, 0.29) is 29.9 Å². The van der Waals surface area contributed by atoms with Crippen molar-refractivity contribution in [1.29, 1.82) is 0 Å². The summed E-state index contributed by atoms with van der Waals surface area (Å²) >= 11 is 0. The molecule has 0 bridgehead atoms. The normalized spacial score (nSPS) is 19.0. The summed E-state index contributed by atoms with van der Waals surface area (Å²) in [6.45, 7) is 5.15. The van der Waals surface area contributed by atoms with E-state index in [2.05, 4.69) is 40.0 Å². The van der Waals surface area contributed by atoms with Crippen LogP contribution < -0.4 is 24.0 Å². The van der Waals surface area contributed by atoms with Gasteiger partial charge in [0, 0.05) is 17.0 Å². The molecule has 0 radical (unpaired) electrons. The molecule has 0 saturated heterocycles. The summed E-state index contributed by atoms with van der Waals surface area (Å²) in [7, 11) is 6.48. The van der Waals surface area contributed by atoms with Crippen LogP contribution >= 0.6 is 0 Å². The van der Waals surface area contributed by atoms with Crippen LogP contribution in [0.15, 0.2) is 0 Å². The number of quaternary nitrogens is 1. The van der Waals surface area contributed by atoms with Crippen molar-refractivity contribution in [2.75, 3.05) is 27.7 Å². The van der Waals surface area contributed by atoms with Gasteiger partial charge in [-0.25, -0.2) is 0 Å². The van der Waals surface area contributed by atoms with Crippen molar-refractivity contribution < 1.29 is 33.3 Å². The largest absolute Gasteiger partial charge is 1.00 e. The molecule has 1 aliphatic rings. The number of H-pyrrole nitrogens is 1. The summed E-state index contributed by atoms with van der Waals surface area (Å²) in [6, 6.07) is 0. The number of ketones is 1. The highest BCUT2D eigenvalue weighted by molar-refractivity contribution is 6.01. The number of nitrogens with zero attached hydrogens (tertiary/aromatic N) is 1. The lowest BCUT2D eigenvalue weighted by Crippen LogP contribution is -3.00. The van der Waals surface area contributed by atoms with Crippen molar-refractivity contribution in [2.45, 2.75) is 33.1 Å². The van der Waals surface area contributed by atoms with Gasteiger partial charge in [-0.2, -0.15) is 0 Å². The molecule has 1 heterocycles. The number of Topliss-reactive ketones (excluding diaryl/α,β-unsaturated/α-hetero) is 1. The summed E-state index contributed by atoms with van der Waals surface area (Å²) in [6.07, 6.45) is 2.96. The second-order valence-corrected chi connectivity index (χ2v) is 6.51. The molecule has 0 spiro atoms. The van der Waals surface area contributed by atoms with Crippen molar-refractivity contribution in [1.82, 2.24) is 4.98 Å². The first-order valence-corrected chi connectivity index (χ1v) is 6.88. The molecule has 0 amide bonds. The Bertz CT molecular complexity index is 471. The monoisotopic (exact) mass is 376 g/mol. The molecular formula is C15H25IN2O.